The molecule has 0 bridgehead atoms. The Morgan fingerprint density at radius 1 is 1.11 bits per heavy atom. The topological polar surface area (TPSA) is 76.1 Å². The van der Waals surface area contributed by atoms with Crippen LogP contribution in [0.25, 0.3) is 0 Å². The maximum absolute atomic E-state index is 12.3. The molecule has 27 heavy (non-hydrogen) atoms. The Hall–Kier alpha value is -3.12. The molecule has 0 unspecified atom stereocenters. The van der Waals surface area contributed by atoms with Crippen molar-refractivity contribution in [1.82, 2.24) is 15.3 Å². The fourth-order valence-corrected chi connectivity index (χ4v) is 2.75. The lowest BCUT2D eigenvalue weighted by Gasteiger charge is -2.11. The number of hydrogen-bond acceptors (Lipinski definition) is 5. The van der Waals surface area contributed by atoms with Gasteiger partial charge in [-0.1, -0.05) is 35.9 Å². The van der Waals surface area contributed by atoms with Gasteiger partial charge in [0.1, 0.15) is 23.6 Å². The van der Waals surface area contributed by atoms with Crippen molar-refractivity contribution in [2.45, 2.75) is 6.42 Å². The second-order valence-corrected chi connectivity index (χ2v) is 6.19. The van der Waals surface area contributed by atoms with Crippen molar-refractivity contribution in [2.75, 3.05) is 19.0 Å². The first-order chi connectivity index (χ1) is 13.2. The molecule has 1 amide bonds. The molecule has 0 radical (unpaired) electrons. The Kier molecular flexibility index (Phi) is 6.22. The molecular weight excluding hydrogens is 364 g/mol. The lowest BCUT2D eigenvalue weighted by molar-refractivity contribution is 0.0949. The number of ether oxygens (including phenoxy) is 1. The summed E-state index contributed by atoms with van der Waals surface area (Å²) in [6.07, 6.45) is 2.04. The molecule has 0 aliphatic carbocycles. The van der Waals surface area contributed by atoms with E-state index in [9.17, 15) is 4.79 Å². The van der Waals surface area contributed by atoms with Crippen molar-refractivity contribution in [2.24, 2.45) is 0 Å². The van der Waals surface area contributed by atoms with Gasteiger partial charge in [0.2, 0.25) is 0 Å². The number of carbonyl (C=O) groups is 1. The minimum atomic E-state index is -0.262. The third kappa shape index (κ3) is 5.18. The number of amides is 1. The van der Waals surface area contributed by atoms with Crippen LogP contribution in [-0.2, 0) is 6.42 Å². The van der Waals surface area contributed by atoms with E-state index in [1.54, 1.807) is 13.2 Å². The molecule has 1 aromatic heterocycles. The fraction of sp³-hybridized carbons (Fsp3) is 0.150. The zero-order chi connectivity index (χ0) is 19.1. The Labute approximate surface area is 162 Å². The van der Waals surface area contributed by atoms with Gasteiger partial charge in [-0.05, 0) is 36.2 Å². The highest BCUT2D eigenvalue weighted by Gasteiger charge is 2.10. The van der Waals surface area contributed by atoms with E-state index in [2.05, 4.69) is 20.6 Å². The average Bonchev–Trinajstić information content (AvgIpc) is 2.68. The summed E-state index contributed by atoms with van der Waals surface area (Å²) in [4.78, 5) is 20.6. The van der Waals surface area contributed by atoms with Crippen molar-refractivity contribution in [3.63, 3.8) is 0 Å². The van der Waals surface area contributed by atoms with Crippen LogP contribution in [0.1, 0.15) is 16.1 Å². The SMILES string of the molecule is COc1ccccc1Nc1cc(C(=O)NCCc2cccc(Cl)c2)ncn1. The molecule has 3 rings (SSSR count). The van der Waals surface area contributed by atoms with E-state index >= 15 is 0 Å². The Balaban J connectivity index is 1.61. The summed E-state index contributed by atoms with van der Waals surface area (Å²) in [6.45, 7) is 0.485. The van der Waals surface area contributed by atoms with Crippen LogP contribution in [0, 0.1) is 0 Å². The van der Waals surface area contributed by atoms with Crippen molar-refractivity contribution in [3.05, 3.63) is 77.2 Å². The van der Waals surface area contributed by atoms with Crippen LogP contribution in [-0.4, -0.2) is 29.5 Å². The first kappa shape index (κ1) is 18.7. The van der Waals surface area contributed by atoms with Crippen LogP contribution >= 0.6 is 11.6 Å². The Morgan fingerprint density at radius 2 is 1.96 bits per heavy atom. The van der Waals surface area contributed by atoms with Gasteiger partial charge in [0, 0.05) is 17.6 Å². The normalized spacial score (nSPS) is 10.3. The number of halogens is 1. The number of aromatic nitrogens is 2. The predicted octanol–water partition coefficient (Wildman–Crippen LogP) is 3.85. The molecule has 0 aliphatic heterocycles. The van der Waals surface area contributed by atoms with Crippen molar-refractivity contribution in [3.8, 4) is 5.75 Å². The minimum absolute atomic E-state index is 0.262. The molecule has 0 aliphatic rings. The standard InChI is InChI=1S/C20H19ClN4O2/c1-27-18-8-3-2-7-16(18)25-19-12-17(23-13-24-19)20(26)22-10-9-14-5-4-6-15(21)11-14/h2-8,11-13H,9-10H2,1H3,(H,22,26)(H,23,24,25). The second-order valence-electron chi connectivity index (χ2n) is 5.75. The highest BCUT2D eigenvalue weighted by Crippen LogP contribution is 2.26. The fourth-order valence-electron chi connectivity index (χ4n) is 2.54. The summed E-state index contributed by atoms with van der Waals surface area (Å²) in [7, 11) is 1.60. The van der Waals surface area contributed by atoms with Crippen molar-refractivity contribution in [1.29, 1.82) is 0 Å². The maximum Gasteiger partial charge on any atom is 0.270 e. The Bertz CT molecular complexity index is 933. The molecule has 3 aromatic rings. The highest BCUT2D eigenvalue weighted by atomic mass is 35.5. The van der Waals surface area contributed by atoms with Crippen molar-refractivity contribution >= 4 is 29.0 Å². The zero-order valence-electron chi connectivity index (χ0n) is 14.8. The van der Waals surface area contributed by atoms with Crippen LogP contribution < -0.4 is 15.4 Å². The van der Waals surface area contributed by atoms with Gasteiger partial charge in [0.15, 0.2) is 0 Å². The number of nitrogens with one attached hydrogen (secondary N) is 2. The summed E-state index contributed by atoms with van der Waals surface area (Å²) in [6, 6.07) is 16.6. The third-order valence-electron chi connectivity index (χ3n) is 3.86. The monoisotopic (exact) mass is 382 g/mol. The minimum Gasteiger partial charge on any atom is -0.495 e. The van der Waals surface area contributed by atoms with E-state index in [0.717, 1.165) is 11.3 Å². The summed E-state index contributed by atoms with van der Waals surface area (Å²) in [5.74, 6) is 0.931. The first-order valence-corrected chi connectivity index (χ1v) is 8.78. The van der Waals surface area contributed by atoms with Gasteiger partial charge in [-0.3, -0.25) is 4.79 Å². The second kappa shape index (κ2) is 9.00. The number of para-hydroxylation sites is 2. The van der Waals surface area contributed by atoms with Gasteiger partial charge in [-0.15, -0.1) is 0 Å². The van der Waals surface area contributed by atoms with E-state index < -0.39 is 0 Å². The number of carbonyl (C=O) groups excluding carboxylic acids is 1. The van der Waals surface area contributed by atoms with Gasteiger partial charge in [0.05, 0.1) is 12.8 Å². The van der Waals surface area contributed by atoms with Crippen LogP contribution in [0.3, 0.4) is 0 Å². The number of nitrogens with zero attached hydrogens (tertiary/aromatic N) is 2. The number of hydrogen-bond donors (Lipinski definition) is 2. The summed E-state index contributed by atoms with van der Waals surface area (Å²) >= 11 is 5.97. The van der Waals surface area contributed by atoms with Crippen molar-refractivity contribution < 1.29 is 9.53 Å². The van der Waals surface area contributed by atoms with Gasteiger partial charge >= 0.3 is 0 Å². The molecular formula is C20H19ClN4O2. The molecule has 0 saturated carbocycles. The Morgan fingerprint density at radius 3 is 2.78 bits per heavy atom. The predicted molar refractivity (Wildman–Crippen MR) is 106 cm³/mol. The molecule has 1 heterocycles. The lowest BCUT2D eigenvalue weighted by Crippen LogP contribution is -2.26. The largest absolute Gasteiger partial charge is 0.495 e. The summed E-state index contributed by atoms with van der Waals surface area (Å²) in [5, 5.41) is 6.67. The third-order valence-corrected chi connectivity index (χ3v) is 4.09. The molecule has 138 valence electrons. The van der Waals surface area contributed by atoms with Gasteiger partial charge in [0.25, 0.3) is 5.91 Å². The van der Waals surface area contributed by atoms with Gasteiger partial charge < -0.3 is 15.4 Å². The number of benzene rings is 2. The quantitative estimate of drug-likeness (QED) is 0.649. The molecule has 0 saturated heterocycles. The van der Waals surface area contributed by atoms with E-state index in [1.807, 2.05) is 48.5 Å². The lowest BCUT2D eigenvalue weighted by atomic mass is 10.1. The maximum atomic E-state index is 12.3. The number of methoxy groups -OCH3 is 1. The molecule has 2 aromatic carbocycles. The average molecular weight is 383 g/mol. The highest BCUT2D eigenvalue weighted by molar-refractivity contribution is 6.30. The molecule has 6 nitrogen and oxygen atoms in total. The van der Waals surface area contributed by atoms with E-state index in [4.69, 9.17) is 16.3 Å². The van der Waals surface area contributed by atoms with Gasteiger partial charge in [-0.25, -0.2) is 9.97 Å². The van der Waals surface area contributed by atoms with E-state index in [1.165, 1.54) is 6.33 Å². The van der Waals surface area contributed by atoms with Crippen LogP contribution in [0.2, 0.25) is 5.02 Å². The molecule has 2 N–H and O–H groups in total. The van der Waals surface area contributed by atoms with Crippen LogP contribution in [0.5, 0.6) is 5.75 Å². The summed E-state index contributed by atoms with van der Waals surface area (Å²) in [5.41, 5.74) is 2.10. The smallest absolute Gasteiger partial charge is 0.270 e. The van der Waals surface area contributed by atoms with Crippen LogP contribution in [0.4, 0.5) is 11.5 Å². The van der Waals surface area contributed by atoms with E-state index in [0.29, 0.717) is 29.6 Å². The summed E-state index contributed by atoms with van der Waals surface area (Å²) < 4.78 is 5.30. The van der Waals surface area contributed by atoms with E-state index in [-0.39, 0.29) is 11.6 Å². The zero-order valence-corrected chi connectivity index (χ0v) is 15.5. The molecule has 0 fully saturated rings. The first-order valence-electron chi connectivity index (χ1n) is 8.40. The van der Waals surface area contributed by atoms with Crippen LogP contribution in [0.15, 0.2) is 60.9 Å². The van der Waals surface area contributed by atoms with Gasteiger partial charge in [-0.2, -0.15) is 0 Å². The molecule has 7 heteroatoms. The molecule has 0 atom stereocenters. The number of anilines is 2. The molecule has 0 spiro atoms. The number of rotatable bonds is 7.